The van der Waals surface area contributed by atoms with E-state index in [0.717, 1.165) is 48.0 Å². The molecular weight excluding hydrogens is 378 g/mol. The second-order valence-corrected chi connectivity index (χ2v) is 8.28. The summed E-state index contributed by atoms with van der Waals surface area (Å²) in [5.74, 6) is 1.06. The van der Waals surface area contributed by atoms with Gasteiger partial charge in [-0.25, -0.2) is 4.98 Å². The van der Waals surface area contributed by atoms with Gasteiger partial charge in [-0.15, -0.1) is 0 Å². The van der Waals surface area contributed by atoms with E-state index in [0.29, 0.717) is 19.0 Å². The molecular formula is C24H25N3O3. The molecule has 3 aromatic rings. The monoisotopic (exact) mass is 403 g/mol. The third-order valence-electron chi connectivity index (χ3n) is 6.33. The second kappa shape index (κ2) is 7.94. The number of rotatable bonds is 4. The summed E-state index contributed by atoms with van der Waals surface area (Å²) in [4.78, 5) is 31.5. The number of nitrogens with one attached hydrogen (secondary N) is 1. The molecule has 0 bridgehead atoms. The quantitative estimate of drug-likeness (QED) is 0.697. The van der Waals surface area contributed by atoms with Crippen molar-refractivity contribution in [1.82, 2.24) is 9.88 Å². The lowest BCUT2D eigenvalue weighted by Gasteiger charge is -2.36. The van der Waals surface area contributed by atoms with Crippen LogP contribution in [0.4, 0.5) is 5.69 Å². The Hall–Kier alpha value is -3.15. The van der Waals surface area contributed by atoms with Crippen LogP contribution in [0.2, 0.25) is 0 Å². The molecule has 1 aromatic heterocycles. The Morgan fingerprint density at radius 3 is 2.33 bits per heavy atom. The molecule has 2 aliphatic rings. The van der Waals surface area contributed by atoms with E-state index >= 15 is 0 Å². The number of carbonyl (C=O) groups is 2. The number of hydrogen-bond donors (Lipinski definition) is 1. The molecule has 1 aliphatic heterocycles. The van der Waals surface area contributed by atoms with Gasteiger partial charge in [0.25, 0.3) is 0 Å². The average molecular weight is 403 g/mol. The van der Waals surface area contributed by atoms with Gasteiger partial charge in [0.15, 0.2) is 5.58 Å². The van der Waals surface area contributed by atoms with Crippen LogP contribution in [-0.2, 0) is 9.59 Å². The predicted molar refractivity (Wildman–Crippen MR) is 115 cm³/mol. The first-order valence-electron chi connectivity index (χ1n) is 10.7. The number of benzene rings is 2. The molecule has 5 rings (SSSR count). The SMILES string of the molecule is O=C(Nc1ccc(-c2nc3ccccc3o2)cc1)C1CCN(C(=O)C2CCC2)CC1. The lowest BCUT2D eigenvalue weighted by molar-refractivity contribution is -0.140. The number of fused-ring (bicyclic) bond motifs is 1. The van der Waals surface area contributed by atoms with Crippen LogP contribution in [0.3, 0.4) is 0 Å². The van der Waals surface area contributed by atoms with Gasteiger partial charge in [0.1, 0.15) is 5.52 Å². The summed E-state index contributed by atoms with van der Waals surface area (Å²) in [5, 5.41) is 3.01. The highest BCUT2D eigenvalue weighted by molar-refractivity contribution is 5.93. The van der Waals surface area contributed by atoms with E-state index in [1.807, 2.05) is 53.4 Å². The van der Waals surface area contributed by atoms with E-state index in [-0.39, 0.29) is 23.7 Å². The molecule has 0 atom stereocenters. The molecule has 2 fully saturated rings. The Balaban J connectivity index is 1.18. The first-order valence-corrected chi connectivity index (χ1v) is 10.7. The fourth-order valence-corrected chi connectivity index (χ4v) is 4.21. The summed E-state index contributed by atoms with van der Waals surface area (Å²) in [7, 11) is 0. The van der Waals surface area contributed by atoms with Crippen LogP contribution >= 0.6 is 0 Å². The predicted octanol–water partition coefficient (Wildman–Crippen LogP) is 4.47. The summed E-state index contributed by atoms with van der Waals surface area (Å²) >= 11 is 0. The molecule has 2 amide bonds. The van der Waals surface area contributed by atoms with Crippen molar-refractivity contribution in [2.45, 2.75) is 32.1 Å². The van der Waals surface area contributed by atoms with Gasteiger partial charge in [0, 0.05) is 36.2 Å². The molecule has 2 aromatic carbocycles. The maximum atomic E-state index is 12.7. The number of para-hydroxylation sites is 2. The van der Waals surface area contributed by atoms with Crippen LogP contribution in [0.1, 0.15) is 32.1 Å². The number of nitrogens with zero attached hydrogens (tertiary/aromatic N) is 2. The maximum absolute atomic E-state index is 12.7. The molecule has 1 N–H and O–H groups in total. The topological polar surface area (TPSA) is 75.4 Å². The molecule has 1 aliphatic carbocycles. The summed E-state index contributed by atoms with van der Waals surface area (Å²) in [6, 6.07) is 15.2. The van der Waals surface area contributed by atoms with Gasteiger partial charge in [-0.1, -0.05) is 18.6 Å². The molecule has 6 nitrogen and oxygen atoms in total. The molecule has 154 valence electrons. The summed E-state index contributed by atoms with van der Waals surface area (Å²) in [6.07, 6.45) is 4.68. The zero-order chi connectivity index (χ0) is 20.5. The van der Waals surface area contributed by atoms with Crippen molar-refractivity contribution < 1.29 is 14.0 Å². The lowest BCUT2D eigenvalue weighted by Crippen LogP contribution is -2.45. The number of hydrogen-bond acceptors (Lipinski definition) is 4. The van der Waals surface area contributed by atoms with Crippen LogP contribution in [0, 0.1) is 11.8 Å². The Labute approximate surface area is 175 Å². The number of aromatic nitrogens is 1. The fraction of sp³-hybridized carbons (Fsp3) is 0.375. The van der Waals surface area contributed by atoms with Gasteiger partial charge in [-0.05, 0) is 62.1 Å². The van der Waals surface area contributed by atoms with Crippen LogP contribution in [0.15, 0.2) is 52.9 Å². The molecule has 0 spiro atoms. The zero-order valence-corrected chi connectivity index (χ0v) is 16.8. The molecule has 1 saturated heterocycles. The highest BCUT2D eigenvalue weighted by Gasteiger charge is 2.33. The van der Waals surface area contributed by atoms with Gasteiger partial charge < -0.3 is 14.6 Å². The van der Waals surface area contributed by atoms with Gasteiger partial charge in [0.2, 0.25) is 17.7 Å². The molecule has 2 heterocycles. The van der Waals surface area contributed by atoms with Crippen molar-refractivity contribution in [3.63, 3.8) is 0 Å². The number of anilines is 1. The highest BCUT2D eigenvalue weighted by Crippen LogP contribution is 2.30. The first kappa shape index (κ1) is 18.9. The Bertz CT molecular complexity index is 1030. The van der Waals surface area contributed by atoms with E-state index in [1.165, 1.54) is 6.42 Å². The van der Waals surface area contributed by atoms with Gasteiger partial charge in [-0.2, -0.15) is 0 Å². The lowest BCUT2D eigenvalue weighted by atomic mass is 9.83. The van der Waals surface area contributed by atoms with Gasteiger partial charge in [-0.3, -0.25) is 9.59 Å². The van der Waals surface area contributed by atoms with Gasteiger partial charge >= 0.3 is 0 Å². The van der Waals surface area contributed by atoms with E-state index in [2.05, 4.69) is 10.3 Å². The standard InChI is InChI=1S/C24H25N3O3/c28-22(16-12-14-27(15-13-16)24(29)18-4-3-5-18)25-19-10-8-17(9-11-19)23-26-20-6-1-2-7-21(20)30-23/h1-2,6-11,16,18H,3-5,12-15H2,(H,25,28). The van der Waals surface area contributed by atoms with Crippen LogP contribution < -0.4 is 5.32 Å². The fourth-order valence-electron chi connectivity index (χ4n) is 4.21. The number of oxazole rings is 1. The molecule has 1 saturated carbocycles. The van der Waals surface area contributed by atoms with E-state index < -0.39 is 0 Å². The molecule has 0 radical (unpaired) electrons. The molecule has 30 heavy (non-hydrogen) atoms. The number of carbonyl (C=O) groups excluding carboxylic acids is 2. The van der Waals surface area contributed by atoms with Gasteiger partial charge in [0.05, 0.1) is 0 Å². The second-order valence-electron chi connectivity index (χ2n) is 8.28. The van der Waals surface area contributed by atoms with Crippen LogP contribution in [-0.4, -0.2) is 34.8 Å². The van der Waals surface area contributed by atoms with E-state index in [9.17, 15) is 9.59 Å². The first-order chi connectivity index (χ1) is 14.7. The highest BCUT2D eigenvalue weighted by atomic mass is 16.3. The normalized spacial score (nSPS) is 17.7. The molecule has 0 unspecified atom stereocenters. The largest absolute Gasteiger partial charge is 0.436 e. The Morgan fingerprint density at radius 1 is 0.933 bits per heavy atom. The van der Waals surface area contributed by atoms with Crippen molar-refractivity contribution in [2.75, 3.05) is 18.4 Å². The summed E-state index contributed by atoms with van der Waals surface area (Å²) in [6.45, 7) is 1.37. The van der Waals surface area contributed by atoms with Crippen molar-refractivity contribution in [1.29, 1.82) is 0 Å². The number of likely N-dealkylation sites (tertiary alicyclic amines) is 1. The number of piperidine rings is 1. The Morgan fingerprint density at radius 2 is 1.67 bits per heavy atom. The maximum Gasteiger partial charge on any atom is 0.227 e. The Kier molecular flexibility index (Phi) is 4.99. The minimum atomic E-state index is -0.0489. The average Bonchev–Trinajstić information content (AvgIpc) is 3.17. The minimum absolute atomic E-state index is 0.0281. The van der Waals surface area contributed by atoms with Crippen molar-refractivity contribution in [3.8, 4) is 11.5 Å². The minimum Gasteiger partial charge on any atom is -0.436 e. The van der Waals surface area contributed by atoms with E-state index in [4.69, 9.17) is 4.42 Å². The summed E-state index contributed by atoms with van der Waals surface area (Å²) < 4.78 is 5.80. The summed E-state index contributed by atoms with van der Waals surface area (Å²) in [5.41, 5.74) is 3.21. The van der Waals surface area contributed by atoms with E-state index in [1.54, 1.807) is 0 Å². The zero-order valence-electron chi connectivity index (χ0n) is 16.8. The third-order valence-corrected chi connectivity index (χ3v) is 6.33. The van der Waals surface area contributed by atoms with Crippen LogP contribution in [0.25, 0.3) is 22.6 Å². The number of amides is 2. The van der Waals surface area contributed by atoms with Crippen LogP contribution in [0.5, 0.6) is 0 Å². The van der Waals surface area contributed by atoms with Crippen molar-refractivity contribution in [2.24, 2.45) is 11.8 Å². The smallest absolute Gasteiger partial charge is 0.227 e. The van der Waals surface area contributed by atoms with Crippen molar-refractivity contribution in [3.05, 3.63) is 48.5 Å². The van der Waals surface area contributed by atoms with Crippen molar-refractivity contribution >= 4 is 28.6 Å². The third kappa shape index (κ3) is 3.70. The molecule has 6 heteroatoms.